The number of rotatable bonds is 2. The number of aromatic nitrogens is 1. The zero-order valence-electron chi connectivity index (χ0n) is 10.1. The standard InChI is InChI=1S/C13H11ClNO3S/c1-9-10(6-7-15(16)13(9)19(17)18)8-11-4-2-3-5-12(11)14/h2-7H,8H2,1H3/q-1. The first-order valence-electron chi connectivity index (χ1n) is 5.55. The number of pyridine rings is 1. The van der Waals surface area contributed by atoms with Gasteiger partial charge in [-0.25, -0.2) is 0 Å². The van der Waals surface area contributed by atoms with Crippen LogP contribution >= 0.6 is 11.6 Å². The first-order valence-corrected chi connectivity index (χ1v) is 7.00. The fourth-order valence-corrected chi connectivity index (χ4v) is 2.68. The molecular formula is C13H11ClNO3S-. The molecule has 19 heavy (non-hydrogen) atoms. The Morgan fingerprint density at radius 3 is 2.53 bits per heavy atom. The van der Waals surface area contributed by atoms with Gasteiger partial charge in [0.25, 0.3) is 0 Å². The van der Waals surface area contributed by atoms with Crippen LogP contribution in [0.25, 0.3) is 0 Å². The molecule has 0 aliphatic carbocycles. The van der Waals surface area contributed by atoms with Crippen molar-refractivity contribution in [2.24, 2.45) is 0 Å². The highest BCUT2D eigenvalue weighted by atomic mass is 35.5. The highest BCUT2D eigenvalue weighted by molar-refractivity contribution is 7.63. The van der Waals surface area contributed by atoms with Crippen molar-refractivity contribution in [3.8, 4) is 0 Å². The summed E-state index contributed by atoms with van der Waals surface area (Å²) in [5.74, 6) is 0. The van der Waals surface area contributed by atoms with E-state index in [1.165, 1.54) is 6.20 Å². The van der Waals surface area contributed by atoms with Gasteiger partial charge >= 0.3 is 0 Å². The van der Waals surface area contributed by atoms with E-state index in [2.05, 4.69) is 0 Å². The summed E-state index contributed by atoms with van der Waals surface area (Å²) in [6.07, 6.45) is 1.68. The summed E-state index contributed by atoms with van der Waals surface area (Å²) in [7, 11) is -2.56. The second kappa shape index (κ2) is 5.50. The first kappa shape index (κ1) is 13.7. The lowest BCUT2D eigenvalue weighted by Crippen LogP contribution is -2.01. The molecule has 0 atom stereocenters. The summed E-state index contributed by atoms with van der Waals surface area (Å²) in [6, 6.07) is 8.94. The second-order valence-corrected chi connectivity index (χ2v) is 5.36. The summed E-state index contributed by atoms with van der Waals surface area (Å²) in [5, 5.41) is 12.1. The van der Waals surface area contributed by atoms with Gasteiger partial charge in [0.05, 0.1) is 0 Å². The van der Waals surface area contributed by atoms with Crippen LogP contribution in [0.15, 0.2) is 36.5 Å². The molecule has 0 unspecified atom stereocenters. The molecule has 6 heteroatoms. The van der Waals surface area contributed by atoms with Crippen LogP contribution in [0.3, 0.4) is 0 Å². The van der Waals surface area contributed by atoms with Crippen molar-refractivity contribution in [2.45, 2.75) is 13.3 Å². The van der Waals surface area contributed by atoms with E-state index in [4.69, 9.17) is 11.6 Å². The molecule has 0 aliphatic rings. The number of benzene rings is 1. The lowest BCUT2D eigenvalue weighted by atomic mass is 10.0. The van der Waals surface area contributed by atoms with Gasteiger partial charge in [-0.05, 0) is 48.4 Å². The molecule has 1 aromatic carbocycles. The Hall–Kier alpha value is -1.72. The molecule has 2 aromatic rings. The van der Waals surface area contributed by atoms with Crippen molar-refractivity contribution in [2.75, 3.05) is 0 Å². The van der Waals surface area contributed by atoms with Crippen LogP contribution in [0, 0.1) is 16.8 Å². The topological polar surface area (TPSA) is 62.1 Å². The summed E-state index contributed by atoms with van der Waals surface area (Å²) < 4.78 is 22.2. The van der Waals surface area contributed by atoms with Crippen LogP contribution in [0.1, 0.15) is 16.7 Å². The maximum absolute atomic E-state index is 11.5. The SMILES string of the molecule is Cc1c(Cc2ccccc2Cl)ccn([O-])c1=S(=O)=O. The third-order valence-electron chi connectivity index (χ3n) is 2.91. The number of hydrogen-bond acceptors (Lipinski definition) is 3. The van der Waals surface area contributed by atoms with Gasteiger partial charge in [0.1, 0.15) is 0 Å². The van der Waals surface area contributed by atoms with E-state index >= 15 is 0 Å². The van der Waals surface area contributed by atoms with E-state index in [1.807, 2.05) is 18.2 Å². The Morgan fingerprint density at radius 2 is 1.89 bits per heavy atom. The van der Waals surface area contributed by atoms with Crippen molar-refractivity contribution in [3.05, 3.63) is 68.1 Å². The van der Waals surface area contributed by atoms with Gasteiger partial charge in [0.15, 0.2) is 4.64 Å². The fourth-order valence-electron chi connectivity index (χ4n) is 1.89. The van der Waals surface area contributed by atoms with Gasteiger partial charge in [-0.1, -0.05) is 29.8 Å². The minimum atomic E-state index is -2.56. The molecule has 0 spiro atoms. The zero-order valence-corrected chi connectivity index (χ0v) is 11.7. The van der Waals surface area contributed by atoms with Gasteiger partial charge in [-0.15, -0.1) is 0 Å². The van der Waals surface area contributed by atoms with Crippen LogP contribution in [-0.4, -0.2) is 13.1 Å². The summed E-state index contributed by atoms with van der Waals surface area (Å²) >= 11 is 6.07. The molecule has 4 nitrogen and oxygen atoms in total. The highest BCUT2D eigenvalue weighted by Crippen LogP contribution is 2.20. The highest BCUT2D eigenvalue weighted by Gasteiger charge is 2.06. The Bertz CT molecular complexity index is 786. The van der Waals surface area contributed by atoms with Gasteiger partial charge in [-0.3, -0.25) is 0 Å². The summed E-state index contributed by atoms with van der Waals surface area (Å²) in [5.41, 5.74) is 2.10. The second-order valence-electron chi connectivity index (χ2n) is 4.10. The molecule has 1 heterocycles. The van der Waals surface area contributed by atoms with Crippen molar-refractivity contribution in [3.63, 3.8) is 0 Å². The average molecular weight is 297 g/mol. The van der Waals surface area contributed by atoms with Crippen molar-refractivity contribution in [1.82, 2.24) is 4.73 Å². The van der Waals surface area contributed by atoms with Crippen LogP contribution in [0.2, 0.25) is 5.02 Å². The lowest BCUT2D eigenvalue weighted by Gasteiger charge is -2.14. The molecule has 0 bridgehead atoms. The van der Waals surface area contributed by atoms with Crippen molar-refractivity contribution >= 4 is 21.9 Å². The number of nitrogens with zero attached hydrogens (tertiary/aromatic N) is 1. The third kappa shape index (κ3) is 2.83. The van der Waals surface area contributed by atoms with Crippen molar-refractivity contribution in [1.29, 1.82) is 0 Å². The normalized spacial score (nSPS) is 10.4. The Kier molecular flexibility index (Phi) is 3.97. The predicted octanol–water partition coefficient (Wildman–Crippen LogP) is 2.80. The number of halogens is 1. The fraction of sp³-hybridized carbons (Fsp3) is 0.154. The maximum Gasteiger partial charge on any atom is 0.238 e. The molecule has 0 fully saturated rings. The number of hydrogen-bond donors (Lipinski definition) is 0. The maximum atomic E-state index is 11.5. The van der Waals surface area contributed by atoms with E-state index < -0.39 is 10.3 Å². The minimum Gasteiger partial charge on any atom is -0.805 e. The Labute approximate surface area is 117 Å². The summed E-state index contributed by atoms with van der Waals surface area (Å²) in [6.45, 7) is 1.62. The monoisotopic (exact) mass is 296 g/mol. The Balaban J connectivity index is 2.58. The molecule has 2 rings (SSSR count). The van der Waals surface area contributed by atoms with E-state index in [9.17, 15) is 13.6 Å². The molecule has 0 N–H and O–H groups in total. The smallest absolute Gasteiger partial charge is 0.238 e. The van der Waals surface area contributed by atoms with E-state index in [0.29, 0.717) is 21.7 Å². The first-order chi connectivity index (χ1) is 9.00. The molecule has 0 radical (unpaired) electrons. The molecule has 0 saturated heterocycles. The predicted molar refractivity (Wildman–Crippen MR) is 74.4 cm³/mol. The molecule has 0 saturated carbocycles. The molecule has 0 aliphatic heterocycles. The quantitative estimate of drug-likeness (QED) is 0.801. The van der Waals surface area contributed by atoms with Gasteiger partial charge in [0.2, 0.25) is 10.3 Å². The lowest BCUT2D eigenvalue weighted by molar-refractivity contribution is 0.623. The molecule has 0 amide bonds. The van der Waals surface area contributed by atoms with Gasteiger partial charge in [0, 0.05) is 5.02 Å². The molecular weight excluding hydrogens is 286 g/mol. The average Bonchev–Trinajstić information content (AvgIpc) is 2.35. The van der Waals surface area contributed by atoms with Gasteiger partial charge < -0.3 is 9.94 Å². The zero-order chi connectivity index (χ0) is 14.0. The molecule has 100 valence electrons. The Morgan fingerprint density at radius 1 is 1.21 bits per heavy atom. The third-order valence-corrected chi connectivity index (χ3v) is 4.08. The minimum absolute atomic E-state index is 0.246. The summed E-state index contributed by atoms with van der Waals surface area (Å²) in [4.78, 5) is 0. The van der Waals surface area contributed by atoms with Crippen molar-refractivity contribution < 1.29 is 8.42 Å². The van der Waals surface area contributed by atoms with Crippen LogP contribution in [0.4, 0.5) is 0 Å². The molecule has 1 aromatic heterocycles. The largest absolute Gasteiger partial charge is 0.805 e. The van der Waals surface area contributed by atoms with Gasteiger partial charge in [-0.2, -0.15) is 8.42 Å². The van der Waals surface area contributed by atoms with Crippen LogP contribution in [0.5, 0.6) is 0 Å². The van der Waals surface area contributed by atoms with Crippen LogP contribution < -0.4 is 0 Å². The van der Waals surface area contributed by atoms with E-state index in [1.54, 1.807) is 19.1 Å². The van der Waals surface area contributed by atoms with E-state index in [-0.39, 0.29) is 4.64 Å². The van der Waals surface area contributed by atoms with Crippen LogP contribution in [-0.2, 0) is 16.7 Å². The van der Waals surface area contributed by atoms with E-state index in [0.717, 1.165) is 11.1 Å².